The Hall–Kier alpha value is -0.600. The molecule has 1 N–H and O–H groups in total. The average Bonchev–Trinajstić information content (AvgIpc) is 3.03. The minimum absolute atomic E-state index is 0.214. The number of aryl methyl sites for hydroxylation is 1. The summed E-state index contributed by atoms with van der Waals surface area (Å²) in [5.41, 5.74) is 1.73. The van der Waals surface area contributed by atoms with Crippen LogP contribution in [0.15, 0.2) is 12.1 Å². The summed E-state index contributed by atoms with van der Waals surface area (Å²) < 4.78 is 13.5. The van der Waals surface area contributed by atoms with E-state index in [9.17, 15) is 4.39 Å². The summed E-state index contributed by atoms with van der Waals surface area (Å²) >= 11 is 6.26. The molecule has 2 aliphatic carbocycles. The van der Waals surface area contributed by atoms with Crippen LogP contribution in [0.25, 0.3) is 0 Å². The fourth-order valence-electron chi connectivity index (χ4n) is 4.31. The monoisotopic (exact) mass is 295 g/mol. The molecule has 0 aromatic heterocycles. The highest BCUT2D eigenvalue weighted by Gasteiger charge is 2.40. The van der Waals surface area contributed by atoms with Gasteiger partial charge in [-0.25, -0.2) is 4.39 Å². The van der Waals surface area contributed by atoms with E-state index in [4.69, 9.17) is 11.6 Å². The Morgan fingerprint density at radius 2 is 2.15 bits per heavy atom. The van der Waals surface area contributed by atoms with Crippen molar-refractivity contribution in [1.82, 2.24) is 5.32 Å². The van der Waals surface area contributed by atoms with Gasteiger partial charge < -0.3 is 5.32 Å². The maximum atomic E-state index is 13.5. The summed E-state index contributed by atoms with van der Waals surface area (Å²) in [6.07, 6.45) is 6.77. The van der Waals surface area contributed by atoms with Crippen LogP contribution in [-0.4, -0.2) is 7.05 Å². The molecule has 0 saturated heterocycles. The van der Waals surface area contributed by atoms with Crippen LogP contribution in [0, 0.1) is 30.5 Å². The molecule has 1 aromatic carbocycles. The first-order valence-corrected chi connectivity index (χ1v) is 8.09. The van der Waals surface area contributed by atoms with Crippen LogP contribution in [0.3, 0.4) is 0 Å². The van der Waals surface area contributed by atoms with Crippen LogP contribution in [0.5, 0.6) is 0 Å². The van der Waals surface area contributed by atoms with Gasteiger partial charge in [-0.1, -0.05) is 24.1 Å². The zero-order valence-electron chi connectivity index (χ0n) is 12.3. The van der Waals surface area contributed by atoms with Crippen molar-refractivity contribution in [3.05, 3.63) is 34.1 Å². The van der Waals surface area contributed by atoms with Crippen molar-refractivity contribution < 1.29 is 4.39 Å². The van der Waals surface area contributed by atoms with Crippen molar-refractivity contribution in [3.8, 4) is 0 Å². The predicted molar refractivity (Wildman–Crippen MR) is 81.5 cm³/mol. The zero-order valence-corrected chi connectivity index (χ0v) is 13.0. The third kappa shape index (κ3) is 2.60. The largest absolute Gasteiger partial charge is 0.313 e. The molecule has 0 radical (unpaired) electrons. The molecule has 0 amide bonds. The van der Waals surface area contributed by atoms with E-state index >= 15 is 0 Å². The van der Waals surface area contributed by atoms with Crippen LogP contribution >= 0.6 is 11.6 Å². The van der Waals surface area contributed by atoms with E-state index in [0.29, 0.717) is 10.6 Å². The van der Waals surface area contributed by atoms with E-state index in [1.165, 1.54) is 31.7 Å². The smallest absolute Gasteiger partial charge is 0.127 e. The molecule has 0 spiro atoms. The van der Waals surface area contributed by atoms with E-state index in [2.05, 4.69) is 5.32 Å². The van der Waals surface area contributed by atoms with Gasteiger partial charge in [-0.2, -0.15) is 0 Å². The molecular formula is C17H23ClFN. The third-order valence-electron chi connectivity index (χ3n) is 5.42. The number of hydrogen-bond acceptors (Lipinski definition) is 1. The van der Waals surface area contributed by atoms with Gasteiger partial charge >= 0.3 is 0 Å². The van der Waals surface area contributed by atoms with Gasteiger partial charge in [0.05, 0.1) is 0 Å². The van der Waals surface area contributed by atoms with E-state index in [1.807, 2.05) is 13.1 Å². The lowest BCUT2D eigenvalue weighted by molar-refractivity contribution is 0.284. The van der Waals surface area contributed by atoms with Gasteiger partial charge in [0.15, 0.2) is 0 Å². The highest BCUT2D eigenvalue weighted by atomic mass is 35.5. The number of halogens is 2. The van der Waals surface area contributed by atoms with Gasteiger partial charge in [-0.15, -0.1) is 0 Å². The summed E-state index contributed by atoms with van der Waals surface area (Å²) in [6, 6.07) is 3.61. The van der Waals surface area contributed by atoms with Crippen molar-refractivity contribution in [2.24, 2.45) is 17.8 Å². The van der Waals surface area contributed by atoms with Crippen molar-refractivity contribution in [2.45, 2.75) is 45.1 Å². The number of benzene rings is 1. The summed E-state index contributed by atoms with van der Waals surface area (Å²) in [5, 5.41) is 3.94. The number of hydrogen-bond donors (Lipinski definition) is 1. The van der Waals surface area contributed by atoms with E-state index in [-0.39, 0.29) is 11.9 Å². The topological polar surface area (TPSA) is 12.0 Å². The molecule has 2 bridgehead atoms. The second-order valence-corrected chi connectivity index (χ2v) is 7.04. The average molecular weight is 296 g/mol. The zero-order chi connectivity index (χ0) is 14.3. The quantitative estimate of drug-likeness (QED) is 0.835. The summed E-state index contributed by atoms with van der Waals surface area (Å²) in [4.78, 5) is 0. The highest BCUT2D eigenvalue weighted by Crippen LogP contribution is 2.51. The molecule has 20 heavy (non-hydrogen) atoms. The van der Waals surface area contributed by atoms with Crippen LogP contribution in [0.2, 0.25) is 5.02 Å². The minimum atomic E-state index is -0.214. The molecule has 2 aliphatic rings. The lowest BCUT2D eigenvalue weighted by Crippen LogP contribution is -2.23. The van der Waals surface area contributed by atoms with Crippen molar-refractivity contribution >= 4 is 11.6 Å². The van der Waals surface area contributed by atoms with Crippen molar-refractivity contribution in [2.75, 3.05) is 7.05 Å². The normalized spacial score (nSPS) is 29.9. The number of nitrogens with one attached hydrogen (secondary N) is 1. The van der Waals surface area contributed by atoms with E-state index < -0.39 is 0 Å². The van der Waals surface area contributed by atoms with Crippen LogP contribution in [-0.2, 0) is 0 Å². The lowest BCUT2D eigenvalue weighted by Gasteiger charge is -2.27. The summed E-state index contributed by atoms with van der Waals surface area (Å²) in [7, 11) is 1.98. The number of fused-ring (bicyclic) bond motifs is 2. The molecule has 0 aliphatic heterocycles. The number of rotatable bonds is 4. The Bertz CT molecular complexity index is 502. The molecule has 0 heterocycles. The highest BCUT2D eigenvalue weighted by molar-refractivity contribution is 6.31. The van der Waals surface area contributed by atoms with Crippen LogP contribution in [0.4, 0.5) is 4.39 Å². The molecule has 3 heteroatoms. The standard InChI is InChI=1S/C17H23ClFN/c1-10-5-14(15(18)9-16(10)19)17(20-2)8-13-7-11-3-4-12(13)6-11/h5,9,11-13,17,20H,3-4,6-8H2,1-2H3. The first-order valence-electron chi connectivity index (χ1n) is 7.71. The summed E-state index contributed by atoms with van der Waals surface area (Å²) in [5.74, 6) is 2.48. The van der Waals surface area contributed by atoms with Gasteiger partial charge in [0, 0.05) is 11.1 Å². The fourth-order valence-corrected chi connectivity index (χ4v) is 4.60. The third-order valence-corrected chi connectivity index (χ3v) is 5.75. The Balaban J connectivity index is 1.78. The second kappa shape index (κ2) is 5.65. The fraction of sp³-hybridized carbons (Fsp3) is 0.647. The first-order chi connectivity index (χ1) is 9.58. The van der Waals surface area contributed by atoms with Gasteiger partial charge in [-0.05, 0) is 74.6 Å². The maximum absolute atomic E-state index is 13.5. The molecule has 3 rings (SSSR count). The van der Waals surface area contributed by atoms with Crippen molar-refractivity contribution in [3.63, 3.8) is 0 Å². The van der Waals surface area contributed by atoms with E-state index in [1.54, 1.807) is 6.92 Å². The predicted octanol–water partition coefficient (Wildman–Crippen LogP) is 4.87. The summed E-state index contributed by atoms with van der Waals surface area (Å²) in [6.45, 7) is 1.80. The molecule has 2 fully saturated rings. The molecule has 1 nitrogen and oxygen atoms in total. The Labute approximate surface area is 125 Å². The Kier molecular flexibility index (Phi) is 4.05. The SMILES string of the molecule is CNC(CC1CC2CCC1C2)c1cc(C)c(F)cc1Cl. The molecule has 110 valence electrons. The Morgan fingerprint density at radius 1 is 1.35 bits per heavy atom. The van der Waals surface area contributed by atoms with Gasteiger partial charge in [0.25, 0.3) is 0 Å². The molecule has 1 aromatic rings. The minimum Gasteiger partial charge on any atom is -0.313 e. The van der Waals surface area contributed by atoms with Crippen LogP contribution < -0.4 is 5.32 Å². The van der Waals surface area contributed by atoms with Gasteiger partial charge in [0.2, 0.25) is 0 Å². The van der Waals surface area contributed by atoms with Crippen LogP contribution in [0.1, 0.15) is 49.3 Å². The van der Waals surface area contributed by atoms with Gasteiger partial charge in [0.1, 0.15) is 5.82 Å². The maximum Gasteiger partial charge on any atom is 0.127 e. The Morgan fingerprint density at radius 3 is 2.75 bits per heavy atom. The first kappa shape index (κ1) is 14.3. The molecule has 4 unspecified atom stereocenters. The van der Waals surface area contributed by atoms with E-state index in [0.717, 1.165) is 29.7 Å². The van der Waals surface area contributed by atoms with Crippen molar-refractivity contribution in [1.29, 1.82) is 0 Å². The molecule has 4 atom stereocenters. The second-order valence-electron chi connectivity index (χ2n) is 6.63. The lowest BCUT2D eigenvalue weighted by atomic mass is 9.82. The van der Waals surface area contributed by atoms with Gasteiger partial charge in [-0.3, -0.25) is 0 Å². The molecule has 2 saturated carbocycles. The molecular weight excluding hydrogens is 273 g/mol.